The maximum Gasteiger partial charge on any atom is 0.340 e. The lowest BCUT2D eigenvalue weighted by atomic mass is 10.1. The van der Waals surface area contributed by atoms with E-state index in [9.17, 15) is 4.79 Å². The summed E-state index contributed by atoms with van der Waals surface area (Å²) in [6.45, 7) is 7.48. The van der Waals surface area contributed by atoms with E-state index in [4.69, 9.17) is 28.6 Å². The Morgan fingerprint density at radius 1 is 1.29 bits per heavy atom. The maximum atomic E-state index is 12.1. The molecule has 3 rings (SSSR count). The van der Waals surface area contributed by atoms with Crippen molar-refractivity contribution in [2.24, 2.45) is 0 Å². The number of hydrogen-bond acceptors (Lipinski definition) is 5. The number of thiocarbonyl (C=S) groups is 1. The van der Waals surface area contributed by atoms with Crippen molar-refractivity contribution in [1.82, 2.24) is 4.90 Å². The molecule has 0 radical (unpaired) electrons. The Hall–Kier alpha value is -1.83. The molecule has 1 aromatic carbocycles. The standard InChI is InChI=1S/C20H24ClN3O2S2/c1-4-15-12-16(19(25)26-3)18(28-15)22-20(27)24-9-7-23(8-10-24)17-11-14(21)6-5-13(17)2/h5-6,11-12H,4,7-10H2,1-3H3,(H,22,27). The van der Waals surface area contributed by atoms with Gasteiger partial charge >= 0.3 is 5.97 Å². The Morgan fingerprint density at radius 2 is 2.00 bits per heavy atom. The van der Waals surface area contributed by atoms with Crippen molar-refractivity contribution in [3.05, 3.63) is 45.3 Å². The second-order valence-electron chi connectivity index (χ2n) is 6.64. The zero-order valence-corrected chi connectivity index (χ0v) is 18.6. The van der Waals surface area contributed by atoms with E-state index < -0.39 is 0 Å². The largest absolute Gasteiger partial charge is 0.465 e. The van der Waals surface area contributed by atoms with Gasteiger partial charge in [0.2, 0.25) is 0 Å². The molecule has 2 heterocycles. The summed E-state index contributed by atoms with van der Waals surface area (Å²) in [5.41, 5.74) is 2.93. The number of ether oxygens (including phenoxy) is 1. The maximum absolute atomic E-state index is 12.1. The van der Waals surface area contributed by atoms with E-state index in [1.165, 1.54) is 18.4 Å². The lowest BCUT2D eigenvalue weighted by Gasteiger charge is -2.38. The van der Waals surface area contributed by atoms with Crippen LogP contribution in [0, 0.1) is 6.92 Å². The minimum absolute atomic E-state index is 0.345. The third-order valence-electron chi connectivity index (χ3n) is 4.84. The van der Waals surface area contributed by atoms with E-state index in [0.29, 0.717) is 10.7 Å². The number of piperazine rings is 1. The van der Waals surface area contributed by atoms with Gasteiger partial charge in [0.25, 0.3) is 0 Å². The highest BCUT2D eigenvalue weighted by atomic mass is 35.5. The van der Waals surface area contributed by atoms with E-state index in [2.05, 4.69) is 29.0 Å². The summed E-state index contributed by atoms with van der Waals surface area (Å²) in [6, 6.07) is 7.86. The third-order valence-corrected chi connectivity index (χ3v) is 6.63. The molecule has 8 heteroatoms. The molecule has 5 nitrogen and oxygen atoms in total. The predicted octanol–water partition coefficient (Wildman–Crippen LogP) is 4.58. The molecule has 0 unspecified atom stereocenters. The van der Waals surface area contributed by atoms with E-state index in [-0.39, 0.29) is 5.97 Å². The van der Waals surface area contributed by atoms with Crippen molar-refractivity contribution in [2.75, 3.05) is 43.5 Å². The van der Waals surface area contributed by atoms with E-state index in [0.717, 1.165) is 47.5 Å². The Kier molecular flexibility index (Phi) is 6.80. The smallest absolute Gasteiger partial charge is 0.340 e. The summed E-state index contributed by atoms with van der Waals surface area (Å²) in [6.07, 6.45) is 0.862. The Bertz CT molecular complexity index is 876. The molecule has 1 fully saturated rings. The van der Waals surface area contributed by atoms with Gasteiger partial charge in [-0.1, -0.05) is 24.6 Å². The lowest BCUT2D eigenvalue weighted by molar-refractivity contribution is 0.0602. The third kappa shape index (κ3) is 4.59. The molecule has 0 aliphatic carbocycles. The number of hydrogen-bond donors (Lipinski definition) is 1. The summed E-state index contributed by atoms with van der Waals surface area (Å²) >= 11 is 13.3. The normalized spacial score (nSPS) is 14.1. The minimum Gasteiger partial charge on any atom is -0.465 e. The number of carbonyl (C=O) groups is 1. The summed E-state index contributed by atoms with van der Waals surface area (Å²) in [7, 11) is 1.39. The van der Waals surface area contributed by atoms with Gasteiger partial charge in [-0.05, 0) is 49.3 Å². The number of thiophene rings is 1. The fraction of sp³-hybridized carbons (Fsp3) is 0.400. The fourth-order valence-electron chi connectivity index (χ4n) is 3.22. The molecule has 1 aliphatic heterocycles. The highest BCUT2D eigenvalue weighted by molar-refractivity contribution is 7.80. The van der Waals surface area contributed by atoms with Gasteiger partial charge in [0.05, 0.1) is 12.7 Å². The number of aryl methyl sites for hydroxylation is 2. The summed E-state index contributed by atoms with van der Waals surface area (Å²) in [4.78, 5) is 17.6. The fourth-order valence-corrected chi connectivity index (χ4v) is 4.72. The van der Waals surface area contributed by atoms with Crippen LogP contribution in [0.15, 0.2) is 24.3 Å². The van der Waals surface area contributed by atoms with Crippen LogP contribution >= 0.6 is 35.2 Å². The number of carbonyl (C=O) groups excluding carboxylic acids is 1. The zero-order valence-electron chi connectivity index (χ0n) is 16.3. The van der Waals surface area contributed by atoms with Crippen LogP contribution in [0.3, 0.4) is 0 Å². The molecule has 2 aromatic rings. The average molecular weight is 438 g/mol. The second-order valence-corrected chi connectivity index (χ2v) is 8.60. The van der Waals surface area contributed by atoms with Gasteiger partial charge in [-0.25, -0.2) is 4.79 Å². The molecule has 1 saturated heterocycles. The van der Waals surface area contributed by atoms with E-state index in [1.807, 2.05) is 24.3 Å². The molecule has 0 saturated carbocycles. The van der Waals surface area contributed by atoms with Gasteiger partial charge in [0.15, 0.2) is 5.11 Å². The number of methoxy groups -OCH3 is 1. The first-order valence-corrected chi connectivity index (χ1v) is 10.8. The van der Waals surface area contributed by atoms with E-state index in [1.54, 1.807) is 11.3 Å². The molecule has 1 aliphatic rings. The van der Waals surface area contributed by atoms with Crippen LogP contribution in [-0.4, -0.2) is 49.3 Å². The Morgan fingerprint density at radius 3 is 2.64 bits per heavy atom. The van der Waals surface area contributed by atoms with E-state index >= 15 is 0 Å². The van der Waals surface area contributed by atoms with Crippen molar-refractivity contribution >= 4 is 56.9 Å². The molecule has 0 spiro atoms. The quantitative estimate of drug-likeness (QED) is 0.558. The molecule has 28 heavy (non-hydrogen) atoms. The highest BCUT2D eigenvalue weighted by Crippen LogP contribution is 2.30. The minimum atomic E-state index is -0.345. The molecule has 150 valence electrons. The summed E-state index contributed by atoms with van der Waals surface area (Å²) in [5, 5.41) is 5.40. The average Bonchev–Trinajstić information content (AvgIpc) is 3.12. The van der Waals surface area contributed by atoms with Gasteiger partial charge in [0, 0.05) is 41.8 Å². The van der Waals surface area contributed by atoms with Crippen molar-refractivity contribution in [1.29, 1.82) is 0 Å². The SMILES string of the molecule is CCc1cc(C(=O)OC)c(NC(=S)N2CCN(c3cc(Cl)ccc3C)CC2)s1. The monoisotopic (exact) mass is 437 g/mol. The predicted molar refractivity (Wildman–Crippen MR) is 121 cm³/mol. The van der Waals surface area contributed by atoms with Gasteiger partial charge in [-0.3, -0.25) is 0 Å². The first-order valence-electron chi connectivity index (χ1n) is 9.21. The Labute approximate surface area is 180 Å². The molecule has 0 amide bonds. The number of nitrogens with one attached hydrogen (secondary N) is 1. The van der Waals surface area contributed by atoms with Gasteiger partial charge in [-0.2, -0.15) is 0 Å². The first-order chi connectivity index (χ1) is 13.4. The molecular formula is C20H24ClN3O2S2. The zero-order chi connectivity index (χ0) is 20.3. The Balaban J connectivity index is 1.65. The number of anilines is 2. The number of rotatable bonds is 4. The van der Waals surface area contributed by atoms with Crippen LogP contribution in [-0.2, 0) is 11.2 Å². The molecular weight excluding hydrogens is 414 g/mol. The number of nitrogens with zero attached hydrogens (tertiary/aromatic N) is 2. The summed E-state index contributed by atoms with van der Waals surface area (Å²) in [5.74, 6) is -0.345. The topological polar surface area (TPSA) is 44.8 Å². The number of halogens is 1. The highest BCUT2D eigenvalue weighted by Gasteiger charge is 2.23. The van der Waals surface area contributed by atoms with Gasteiger partial charge in [-0.15, -0.1) is 11.3 Å². The van der Waals surface area contributed by atoms with Crippen LogP contribution in [0.4, 0.5) is 10.7 Å². The number of benzene rings is 1. The van der Waals surface area contributed by atoms with Crippen LogP contribution < -0.4 is 10.2 Å². The van der Waals surface area contributed by atoms with Crippen molar-refractivity contribution in [3.8, 4) is 0 Å². The lowest BCUT2D eigenvalue weighted by Crippen LogP contribution is -2.50. The molecule has 1 aromatic heterocycles. The second kappa shape index (κ2) is 9.11. The van der Waals surface area contributed by atoms with Crippen molar-refractivity contribution < 1.29 is 9.53 Å². The van der Waals surface area contributed by atoms with Gasteiger partial charge < -0.3 is 19.9 Å². The summed E-state index contributed by atoms with van der Waals surface area (Å²) < 4.78 is 4.90. The number of esters is 1. The van der Waals surface area contributed by atoms with Crippen molar-refractivity contribution in [2.45, 2.75) is 20.3 Å². The van der Waals surface area contributed by atoms with Crippen molar-refractivity contribution in [3.63, 3.8) is 0 Å². The van der Waals surface area contributed by atoms with Crippen LogP contribution in [0.2, 0.25) is 5.02 Å². The van der Waals surface area contributed by atoms with Crippen LogP contribution in [0.5, 0.6) is 0 Å². The van der Waals surface area contributed by atoms with Crippen LogP contribution in [0.1, 0.15) is 27.7 Å². The van der Waals surface area contributed by atoms with Crippen LogP contribution in [0.25, 0.3) is 0 Å². The molecule has 1 N–H and O–H groups in total. The molecule has 0 atom stereocenters. The molecule has 0 bridgehead atoms. The van der Waals surface area contributed by atoms with Gasteiger partial charge in [0.1, 0.15) is 5.00 Å². The first kappa shape index (κ1) is 20.9.